The molecule has 0 spiro atoms. The normalized spacial score (nSPS) is 27.2. The first-order valence-corrected chi connectivity index (χ1v) is 12.5. The summed E-state index contributed by atoms with van der Waals surface area (Å²) in [6.45, 7) is 15.7. The van der Waals surface area contributed by atoms with E-state index in [1.165, 1.54) is 56.9 Å². The fourth-order valence-electron chi connectivity index (χ4n) is 6.17. The molecule has 0 heterocycles. The molecule has 2 bridgehead atoms. The van der Waals surface area contributed by atoms with Crippen LogP contribution in [0.4, 0.5) is 0 Å². The fraction of sp³-hybridized carbons (Fsp3) is 0.786. The third-order valence-electron chi connectivity index (χ3n) is 7.13. The van der Waals surface area contributed by atoms with Crippen molar-refractivity contribution in [3.05, 3.63) is 29.8 Å². The average Bonchev–Trinajstić information content (AvgIpc) is 2.71. The Morgan fingerprint density at radius 1 is 1.10 bits per heavy atom. The zero-order valence-electron chi connectivity index (χ0n) is 21.7. The largest absolute Gasteiger partial charge is 0.464 e. The molecule has 1 radical (unpaired) electrons. The molecule has 0 amide bonds. The Labute approximate surface area is 218 Å². The van der Waals surface area contributed by atoms with Crippen molar-refractivity contribution < 1.29 is 42.2 Å². The number of rotatable bonds is 7. The molecule has 3 heteroatoms. The topological polar surface area (TPSA) is 18.5 Å². The summed E-state index contributed by atoms with van der Waals surface area (Å²) >= 11 is 0. The molecule has 0 aliphatic heterocycles. The van der Waals surface area contributed by atoms with Crippen LogP contribution in [0, 0.1) is 22.7 Å². The molecule has 2 nitrogen and oxygen atoms in total. The SMILES string of the molecule is CC.CCC(CC(C)(C)C)c1ccc(OC(OC)C23CCCC(CC(C)C2)C3)cc1.[Y]. The van der Waals surface area contributed by atoms with Crippen LogP contribution >= 0.6 is 0 Å². The molecule has 2 fully saturated rings. The first-order chi connectivity index (χ1) is 14.2. The molecule has 0 aromatic heterocycles. The van der Waals surface area contributed by atoms with Gasteiger partial charge in [0.05, 0.1) is 0 Å². The zero-order chi connectivity index (χ0) is 22.4. The molecule has 1 aromatic rings. The minimum atomic E-state index is -0.125. The molecule has 2 saturated carbocycles. The molecule has 1 aromatic carbocycles. The van der Waals surface area contributed by atoms with E-state index in [4.69, 9.17) is 9.47 Å². The second-order valence-electron chi connectivity index (χ2n) is 11.0. The Bertz CT molecular complexity index is 617. The van der Waals surface area contributed by atoms with Crippen LogP contribution in [0.3, 0.4) is 0 Å². The molecule has 31 heavy (non-hydrogen) atoms. The molecule has 2 aliphatic carbocycles. The van der Waals surface area contributed by atoms with Gasteiger partial charge in [-0.3, -0.25) is 0 Å². The maximum Gasteiger partial charge on any atom is 0.205 e. The Morgan fingerprint density at radius 3 is 2.29 bits per heavy atom. The minimum Gasteiger partial charge on any atom is -0.464 e. The van der Waals surface area contributed by atoms with Crippen molar-refractivity contribution in [2.45, 2.75) is 112 Å². The van der Waals surface area contributed by atoms with Gasteiger partial charge in [-0.05, 0) is 79.4 Å². The second kappa shape index (κ2) is 13.1. The van der Waals surface area contributed by atoms with Gasteiger partial charge in [-0.15, -0.1) is 0 Å². The number of hydrogen-bond donors (Lipinski definition) is 0. The molecule has 5 unspecified atom stereocenters. The molecule has 2 aliphatic rings. The summed E-state index contributed by atoms with van der Waals surface area (Å²) in [6, 6.07) is 8.87. The molecule has 0 N–H and O–H groups in total. The van der Waals surface area contributed by atoms with E-state index in [0.29, 0.717) is 11.3 Å². The van der Waals surface area contributed by atoms with Gasteiger partial charge >= 0.3 is 0 Å². The maximum absolute atomic E-state index is 6.47. The maximum atomic E-state index is 6.47. The van der Waals surface area contributed by atoms with Crippen LogP contribution in [0.1, 0.15) is 111 Å². The third kappa shape index (κ3) is 8.11. The number of fused-ring (bicyclic) bond motifs is 2. The van der Waals surface area contributed by atoms with E-state index in [1.54, 1.807) is 0 Å². The van der Waals surface area contributed by atoms with Crippen LogP contribution < -0.4 is 4.74 Å². The summed E-state index contributed by atoms with van der Waals surface area (Å²) in [5, 5.41) is 0. The molecular formula is C28H48O2Y. The summed E-state index contributed by atoms with van der Waals surface area (Å²) in [7, 11) is 1.83. The first-order valence-electron chi connectivity index (χ1n) is 12.5. The summed E-state index contributed by atoms with van der Waals surface area (Å²) in [5.74, 6) is 3.22. The Morgan fingerprint density at radius 2 is 1.74 bits per heavy atom. The van der Waals surface area contributed by atoms with Crippen molar-refractivity contribution in [1.82, 2.24) is 0 Å². The summed E-state index contributed by atoms with van der Waals surface area (Å²) in [6.07, 6.45) is 10.1. The predicted octanol–water partition coefficient (Wildman–Crippen LogP) is 8.60. The van der Waals surface area contributed by atoms with Crippen LogP contribution in [0.15, 0.2) is 24.3 Å². The Kier molecular flexibility index (Phi) is 12.3. The van der Waals surface area contributed by atoms with Crippen molar-refractivity contribution in [2.75, 3.05) is 7.11 Å². The zero-order valence-corrected chi connectivity index (χ0v) is 24.5. The van der Waals surface area contributed by atoms with Gasteiger partial charge in [0.2, 0.25) is 6.29 Å². The predicted molar refractivity (Wildman–Crippen MR) is 129 cm³/mol. The van der Waals surface area contributed by atoms with E-state index in [-0.39, 0.29) is 44.4 Å². The summed E-state index contributed by atoms with van der Waals surface area (Å²) in [4.78, 5) is 0. The molecular weight excluding hydrogens is 457 g/mol. The Hall–Kier alpha value is 0.0839. The van der Waals surface area contributed by atoms with Crippen molar-refractivity contribution in [3.8, 4) is 5.75 Å². The number of benzene rings is 1. The fourth-order valence-corrected chi connectivity index (χ4v) is 6.17. The van der Waals surface area contributed by atoms with Gasteiger partial charge in [-0.2, -0.15) is 0 Å². The van der Waals surface area contributed by atoms with E-state index >= 15 is 0 Å². The van der Waals surface area contributed by atoms with Crippen LogP contribution in [-0.2, 0) is 37.4 Å². The van der Waals surface area contributed by atoms with Gasteiger partial charge in [0.25, 0.3) is 0 Å². The minimum absolute atomic E-state index is 0. The van der Waals surface area contributed by atoms with Gasteiger partial charge in [0.15, 0.2) is 0 Å². The van der Waals surface area contributed by atoms with Gasteiger partial charge in [0.1, 0.15) is 5.75 Å². The van der Waals surface area contributed by atoms with Crippen molar-refractivity contribution >= 4 is 0 Å². The van der Waals surface area contributed by atoms with Crippen LogP contribution in [0.5, 0.6) is 5.75 Å². The van der Waals surface area contributed by atoms with Crippen LogP contribution in [0.25, 0.3) is 0 Å². The van der Waals surface area contributed by atoms with Crippen LogP contribution in [-0.4, -0.2) is 13.4 Å². The van der Waals surface area contributed by atoms with Gasteiger partial charge in [-0.25, -0.2) is 0 Å². The molecule has 3 rings (SSSR count). The second-order valence-corrected chi connectivity index (χ2v) is 11.0. The number of ether oxygens (including phenoxy) is 2. The number of methoxy groups -OCH3 is 1. The van der Waals surface area contributed by atoms with Crippen molar-refractivity contribution in [2.24, 2.45) is 22.7 Å². The van der Waals surface area contributed by atoms with E-state index in [1.807, 2.05) is 21.0 Å². The standard InChI is InChI=1S/C26H42O2.C2H6.Y/c1-7-21(18-25(3,4)5)22-10-12-23(13-11-22)28-24(27-6)26-14-8-9-20(17-26)15-19(2)16-26;1-2;/h10-13,19-21,24H,7-9,14-18H2,1-6H3;1-2H3;. The van der Waals surface area contributed by atoms with Crippen molar-refractivity contribution in [1.29, 1.82) is 0 Å². The van der Waals surface area contributed by atoms with E-state index in [9.17, 15) is 0 Å². The van der Waals surface area contributed by atoms with E-state index in [2.05, 4.69) is 58.9 Å². The summed E-state index contributed by atoms with van der Waals surface area (Å²) in [5.41, 5.74) is 1.98. The third-order valence-corrected chi connectivity index (χ3v) is 7.13. The summed E-state index contributed by atoms with van der Waals surface area (Å²) < 4.78 is 12.4. The first kappa shape index (κ1) is 29.1. The molecule has 5 atom stereocenters. The quantitative estimate of drug-likeness (QED) is 0.346. The Balaban J connectivity index is 0.00000156. The average molecular weight is 506 g/mol. The molecule has 0 saturated heterocycles. The smallest absolute Gasteiger partial charge is 0.205 e. The number of hydrogen-bond acceptors (Lipinski definition) is 2. The van der Waals surface area contributed by atoms with Crippen molar-refractivity contribution in [3.63, 3.8) is 0 Å². The van der Waals surface area contributed by atoms with Gasteiger partial charge in [0, 0.05) is 45.2 Å². The molecule has 175 valence electrons. The van der Waals surface area contributed by atoms with E-state index < -0.39 is 0 Å². The monoisotopic (exact) mass is 505 g/mol. The van der Waals surface area contributed by atoms with E-state index in [0.717, 1.165) is 17.6 Å². The van der Waals surface area contributed by atoms with Gasteiger partial charge in [-0.1, -0.05) is 73.4 Å². The van der Waals surface area contributed by atoms with Crippen LogP contribution in [0.2, 0.25) is 0 Å². The van der Waals surface area contributed by atoms with Gasteiger partial charge < -0.3 is 9.47 Å².